The van der Waals surface area contributed by atoms with E-state index in [0.717, 1.165) is 0 Å². The van der Waals surface area contributed by atoms with Crippen LogP contribution in [0.25, 0.3) is 0 Å². The number of benzene rings is 1. The zero-order chi connectivity index (χ0) is 15.3. The van der Waals surface area contributed by atoms with E-state index < -0.39 is 17.8 Å². The molecule has 0 aromatic heterocycles. The second kappa shape index (κ2) is 6.92. The molecule has 0 fully saturated rings. The normalized spacial score (nSPS) is 12.9. The molecule has 112 valence electrons. The van der Waals surface area contributed by atoms with E-state index in [1.54, 1.807) is 46.0 Å². The number of carbonyl (C=O) groups is 1. The Labute approximate surface area is 124 Å². The molecule has 0 saturated heterocycles. The second-order valence-electron chi connectivity index (χ2n) is 5.43. The van der Waals surface area contributed by atoms with Crippen LogP contribution in [0.1, 0.15) is 32.4 Å². The lowest BCUT2D eigenvalue weighted by atomic mass is 10.1. The van der Waals surface area contributed by atoms with E-state index in [9.17, 15) is 9.90 Å². The summed E-state index contributed by atoms with van der Waals surface area (Å²) < 4.78 is 5.19. The highest BCUT2D eigenvalue weighted by atomic mass is 35.5. The van der Waals surface area contributed by atoms with Gasteiger partial charge in [-0.25, -0.2) is 4.79 Å². The maximum absolute atomic E-state index is 11.8. The van der Waals surface area contributed by atoms with Crippen molar-refractivity contribution in [1.82, 2.24) is 5.32 Å². The molecule has 0 bridgehead atoms. The summed E-state index contributed by atoms with van der Waals surface area (Å²) in [7, 11) is 1.74. The molecule has 0 radical (unpaired) electrons. The summed E-state index contributed by atoms with van der Waals surface area (Å²) >= 11 is 5.93. The number of ether oxygens (including phenoxy) is 1. The summed E-state index contributed by atoms with van der Waals surface area (Å²) in [5.41, 5.74) is 0.427. The van der Waals surface area contributed by atoms with Crippen LogP contribution in [0, 0.1) is 0 Å². The van der Waals surface area contributed by atoms with Gasteiger partial charge in [0.2, 0.25) is 0 Å². The van der Waals surface area contributed by atoms with Gasteiger partial charge in [0.15, 0.2) is 0 Å². The number of aliphatic hydroxyl groups excluding tert-OH is 1. The molecule has 1 amide bonds. The van der Waals surface area contributed by atoms with Crippen molar-refractivity contribution in [1.29, 1.82) is 0 Å². The maximum Gasteiger partial charge on any atom is 0.412 e. The van der Waals surface area contributed by atoms with Gasteiger partial charge < -0.3 is 15.2 Å². The minimum atomic E-state index is -0.748. The molecule has 20 heavy (non-hydrogen) atoms. The Hall–Kier alpha value is -1.30. The van der Waals surface area contributed by atoms with Crippen molar-refractivity contribution in [3.63, 3.8) is 0 Å². The van der Waals surface area contributed by atoms with Crippen LogP contribution in [0.15, 0.2) is 18.2 Å². The first kappa shape index (κ1) is 16.8. The first-order chi connectivity index (χ1) is 9.23. The van der Waals surface area contributed by atoms with Crippen LogP contribution in [0.4, 0.5) is 10.5 Å². The molecule has 1 unspecified atom stereocenters. The molecular weight excluding hydrogens is 280 g/mol. The molecule has 3 N–H and O–H groups in total. The number of amides is 1. The van der Waals surface area contributed by atoms with Crippen LogP contribution < -0.4 is 10.6 Å². The quantitative estimate of drug-likeness (QED) is 0.799. The summed E-state index contributed by atoms with van der Waals surface area (Å²) in [4.78, 5) is 11.8. The number of carbonyl (C=O) groups excluding carboxylic acids is 1. The highest BCUT2D eigenvalue weighted by Gasteiger charge is 2.19. The Kier molecular flexibility index (Phi) is 5.80. The number of hydrogen-bond donors (Lipinski definition) is 3. The van der Waals surface area contributed by atoms with E-state index in [4.69, 9.17) is 16.3 Å². The predicted molar refractivity (Wildman–Crippen MR) is 80.2 cm³/mol. The van der Waals surface area contributed by atoms with E-state index >= 15 is 0 Å². The van der Waals surface area contributed by atoms with Crippen molar-refractivity contribution < 1.29 is 14.6 Å². The number of anilines is 1. The fraction of sp³-hybridized carbons (Fsp3) is 0.500. The second-order valence-corrected chi connectivity index (χ2v) is 5.87. The van der Waals surface area contributed by atoms with Crippen LogP contribution >= 0.6 is 11.6 Å². The molecule has 0 aliphatic carbocycles. The molecule has 0 saturated carbocycles. The fourth-order valence-electron chi connectivity index (χ4n) is 1.64. The lowest BCUT2D eigenvalue weighted by Gasteiger charge is -2.21. The minimum absolute atomic E-state index is 0.366. The van der Waals surface area contributed by atoms with Crippen LogP contribution in [0.5, 0.6) is 0 Å². The van der Waals surface area contributed by atoms with Crippen molar-refractivity contribution in [3.8, 4) is 0 Å². The molecule has 5 nitrogen and oxygen atoms in total. The van der Waals surface area contributed by atoms with E-state index in [1.165, 1.54) is 0 Å². The zero-order valence-electron chi connectivity index (χ0n) is 12.2. The third-order valence-corrected chi connectivity index (χ3v) is 2.64. The number of hydrogen-bond acceptors (Lipinski definition) is 4. The summed E-state index contributed by atoms with van der Waals surface area (Å²) in [6, 6.07) is 4.92. The zero-order valence-corrected chi connectivity index (χ0v) is 12.9. The minimum Gasteiger partial charge on any atom is -0.444 e. The Morgan fingerprint density at radius 1 is 1.45 bits per heavy atom. The van der Waals surface area contributed by atoms with Gasteiger partial charge in [-0.2, -0.15) is 0 Å². The van der Waals surface area contributed by atoms with Crippen molar-refractivity contribution in [2.75, 3.05) is 18.9 Å². The van der Waals surface area contributed by atoms with Gasteiger partial charge in [-0.05, 0) is 40.0 Å². The van der Waals surface area contributed by atoms with Crippen molar-refractivity contribution in [2.45, 2.75) is 32.5 Å². The van der Waals surface area contributed by atoms with Gasteiger partial charge in [0, 0.05) is 17.1 Å². The molecule has 0 spiro atoms. The van der Waals surface area contributed by atoms with E-state index in [1.807, 2.05) is 0 Å². The SMILES string of the molecule is CNCC(O)c1ccc(Cl)cc1NC(=O)OC(C)(C)C. The largest absolute Gasteiger partial charge is 0.444 e. The molecule has 1 aromatic rings. The summed E-state index contributed by atoms with van der Waals surface area (Å²) in [6.07, 6.45) is -1.33. The van der Waals surface area contributed by atoms with Crippen molar-refractivity contribution in [2.24, 2.45) is 0 Å². The Bertz CT molecular complexity index is 472. The molecule has 1 atom stereocenters. The highest BCUT2D eigenvalue weighted by molar-refractivity contribution is 6.31. The maximum atomic E-state index is 11.8. The molecular formula is C14H21ClN2O3. The number of likely N-dealkylation sites (N-methyl/N-ethyl adjacent to an activating group) is 1. The topological polar surface area (TPSA) is 70.6 Å². The van der Waals surface area contributed by atoms with Crippen molar-refractivity contribution >= 4 is 23.4 Å². The third kappa shape index (κ3) is 5.36. The third-order valence-electron chi connectivity index (χ3n) is 2.41. The standard InChI is InChI=1S/C14H21ClN2O3/c1-14(2,3)20-13(19)17-11-7-9(15)5-6-10(11)12(18)8-16-4/h5-7,12,16,18H,8H2,1-4H3,(H,17,19). The van der Waals surface area contributed by atoms with Crippen molar-refractivity contribution in [3.05, 3.63) is 28.8 Å². The van der Waals surface area contributed by atoms with Crippen LogP contribution in [-0.2, 0) is 4.74 Å². The average Bonchev–Trinajstić information content (AvgIpc) is 2.26. The average molecular weight is 301 g/mol. The number of halogens is 1. The Morgan fingerprint density at radius 3 is 2.65 bits per heavy atom. The molecule has 0 aliphatic heterocycles. The molecule has 1 rings (SSSR count). The first-order valence-electron chi connectivity index (χ1n) is 6.35. The van der Waals surface area contributed by atoms with Gasteiger partial charge in [0.1, 0.15) is 5.60 Å². The van der Waals surface area contributed by atoms with E-state index in [2.05, 4.69) is 10.6 Å². The van der Waals surface area contributed by atoms with Gasteiger partial charge in [0.05, 0.1) is 11.8 Å². The van der Waals surface area contributed by atoms with Crippen LogP contribution in [0.3, 0.4) is 0 Å². The van der Waals surface area contributed by atoms with Gasteiger partial charge in [0.25, 0.3) is 0 Å². The highest BCUT2D eigenvalue weighted by Crippen LogP contribution is 2.27. The monoisotopic (exact) mass is 300 g/mol. The first-order valence-corrected chi connectivity index (χ1v) is 6.73. The lowest BCUT2D eigenvalue weighted by molar-refractivity contribution is 0.0635. The van der Waals surface area contributed by atoms with Gasteiger partial charge in [-0.3, -0.25) is 5.32 Å². The number of nitrogens with one attached hydrogen (secondary N) is 2. The van der Waals surface area contributed by atoms with Gasteiger partial charge >= 0.3 is 6.09 Å². The fourth-order valence-corrected chi connectivity index (χ4v) is 1.82. The summed E-state index contributed by atoms with van der Waals surface area (Å²) in [5.74, 6) is 0. The van der Waals surface area contributed by atoms with Gasteiger partial charge in [-0.1, -0.05) is 17.7 Å². The summed E-state index contributed by atoms with van der Waals surface area (Å²) in [6.45, 7) is 5.70. The number of aliphatic hydroxyl groups is 1. The number of rotatable bonds is 4. The molecule has 1 aromatic carbocycles. The molecule has 6 heteroatoms. The smallest absolute Gasteiger partial charge is 0.412 e. The van der Waals surface area contributed by atoms with Gasteiger partial charge in [-0.15, -0.1) is 0 Å². The Morgan fingerprint density at radius 2 is 2.10 bits per heavy atom. The van der Waals surface area contributed by atoms with Crippen LogP contribution in [-0.4, -0.2) is 30.4 Å². The summed E-state index contributed by atoms with van der Waals surface area (Å²) in [5, 5.41) is 16.0. The van der Waals surface area contributed by atoms with E-state index in [-0.39, 0.29) is 0 Å². The van der Waals surface area contributed by atoms with E-state index in [0.29, 0.717) is 22.8 Å². The predicted octanol–water partition coefficient (Wildman–Crippen LogP) is 2.94. The van der Waals surface area contributed by atoms with Crippen LogP contribution in [0.2, 0.25) is 5.02 Å². The molecule has 0 aliphatic rings. The lowest BCUT2D eigenvalue weighted by Crippen LogP contribution is -2.28. The molecule has 0 heterocycles. The Balaban J connectivity index is 2.92.